The van der Waals surface area contributed by atoms with Crippen LogP contribution in [0.1, 0.15) is 17.5 Å². The summed E-state index contributed by atoms with van der Waals surface area (Å²) in [5, 5.41) is 11.7. The lowest BCUT2D eigenvalue weighted by Gasteiger charge is -2.28. The molecular weight excluding hydrogens is 395 g/mol. The summed E-state index contributed by atoms with van der Waals surface area (Å²) in [7, 11) is 0. The summed E-state index contributed by atoms with van der Waals surface area (Å²) >= 11 is 0. The molecular formula is C21H26Cl2N4O. The van der Waals surface area contributed by atoms with E-state index in [4.69, 9.17) is 4.63 Å². The highest BCUT2D eigenvalue weighted by Crippen LogP contribution is 2.43. The third kappa shape index (κ3) is 3.90. The number of benzene rings is 2. The highest BCUT2D eigenvalue weighted by molar-refractivity contribution is 5.85. The Labute approximate surface area is 177 Å². The van der Waals surface area contributed by atoms with Crippen molar-refractivity contribution in [2.75, 3.05) is 26.2 Å². The second-order valence-corrected chi connectivity index (χ2v) is 7.89. The van der Waals surface area contributed by atoms with Gasteiger partial charge in [0, 0.05) is 31.6 Å². The van der Waals surface area contributed by atoms with Crippen LogP contribution in [0.3, 0.4) is 0 Å². The minimum Gasteiger partial charge on any atom is -0.316 e. The van der Waals surface area contributed by atoms with E-state index in [0.717, 1.165) is 56.1 Å². The van der Waals surface area contributed by atoms with Crippen LogP contribution in [0.5, 0.6) is 0 Å². The molecule has 0 amide bonds. The molecule has 5 rings (SSSR count). The summed E-state index contributed by atoms with van der Waals surface area (Å²) < 4.78 is 4.92. The number of rotatable bonds is 5. The molecule has 7 heteroatoms. The lowest BCUT2D eigenvalue weighted by Crippen LogP contribution is -2.33. The zero-order chi connectivity index (χ0) is 17.4. The quantitative estimate of drug-likeness (QED) is 0.681. The zero-order valence-electron chi connectivity index (χ0n) is 15.7. The maximum Gasteiger partial charge on any atom is 0.139 e. The largest absolute Gasteiger partial charge is 0.316 e. The monoisotopic (exact) mass is 420 g/mol. The number of nitrogens with zero attached hydrogens (tertiary/aromatic N) is 3. The Morgan fingerprint density at radius 3 is 2.79 bits per heavy atom. The van der Waals surface area contributed by atoms with Gasteiger partial charge in [-0.3, -0.25) is 4.90 Å². The number of hydrogen-bond donors (Lipinski definition) is 1. The molecule has 2 unspecified atom stereocenters. The van der Waals surface area contributed by atoms with E-state index >= 15 is 0 Å². The van der Waals surface area contributed by atoms with Gasteiger partial charge in [0.25, 0.3) is 0 Å². The van der Waals surface area contributed by atoms with Gasteiger partial charge in [-0.1, -0.05) is 42.5 Å². The number of halogens is 2. The smallest absolute Gasteiger partial charge is 0.139 e. The van der Waals surface area contributed by atoms with Gasteiger partial charge >= 0.3 is 0 Å². The van der Waals surface area contributed by atoms with Gasteiger partial charge in [0.15, 0.2) is 0 Å². The van der Waals surface area contributed by atoms with E-state index < -0.39 is 0 Å². The van der Waals surface area contributed by atoms with Crippen LogP contribution in [0.25, 0.3) is 11.0 Å². The molecule has 150 valence electrons. The summed E-state index contributed by atoms with van der Waals surface area (Å²) in [6, 6.07) is 17.0. The van der Waals surface area contributed by atoms with Crippen molar-refractivity contribution in [1.29, 1.82) is 0 Å². The Balaban J connectivity index is 0.00000112. The van der Waals surface area contributed by atoms with Crippen molar-refractivity contribution in [2.45, 2.75) is 19.4 Å². The number of nitrogens with one attached hydrogen (secondary N) is 1. The van der Waals surface area contributed by atoms with E-state index in [0.29, 0.717) is 5.41 Å². The lowest BCUT2D eigenvalue weighted by atomic mass is 9.76. The number of aromatic nitrogens is 2. The fourth-order valence-electron chi connectivity index (χ4n) is 4.88. The summed E-state index contributed by atoms with van der Waals surface area (Å²) in [6.45, 7) is 5.51. The SMILES string of the molecule is Cl.Cl.c1ccc(CCC23CNCC2CN(Cc2cccc4nonc24)C3)cc1. The number of aryl methyl sites for hydroxylation is 1. The normalized spacial score (nSPS) is 23.9. The van der Waals surface area contributed by atoms with Gasteiger partial charge in [0.1, 0.15) is 11.0 Å². The predicted molar refractivity (Wildman–Crippen MR) is 115 cm³/mol. The van der Waals surface area contributed by atoms with E-state index in [1.807, 2.05) is 12.1 Å². The van der Waals surface area contributed by atoms with Gasteiger partial charge in [-0.25, -0.2) is 4.63 Å². The fourth-order valence-corrected chi connectivity index (χ4v) is 4.88. The average Bonchev–Trinajstić information content (AvgIpc) is 3.35. The first kappa shape index (κ1) is 21.1. The van der Waals surface area contributed by atoms with Crippen molar-refractivity contribution in [3.05, 3.63) is 59.7 Å². The maximum absolute atomic E-state index is 4.92. The highest BCUT2D eigenvalue weighted by atomic mass is 35.5. The third-order valence-electron chi connectivity index (χ3n) is 6.27. The Morgan fingerprint density at radius 2 is 1.93 bits per heavy atom. The molecule has 0 spiro atoms. The molecule has 1 N–H and O–H groups in total. The molecule has 28 heavy (non-hydrogen) atoms. The molecule has 2 atom stereocenters. The van der Waals surface area contributed by atoms with Gasteiger partial charge in [-0.2, -0.15) is 0 Å². The first-order valence-corrected chi connectivity index (χ1v) is 9.50. The van der Waals surface area contributed by atoms with Crippen LogP contribution < -0.4 is 5.32 Å². The summed E-state index contributed by atoms with van der Waals surface area (Å²) in [6.07, 6.45) is 2.41. The molecule has 3 heterocycles. The highest BCUT2D eigenvalue weighted by Gasteiger charge is 2.48. The molecule has 2 saturated heterocycles. The van der Waals surface area contributed by atoms with Gasteiger partial charge < -0.3 is 5.32 Å². The van der Waals surface area contributed by atoms with Crippen molar-refractivity contribution in [3.63, 3.8) is 0 Å². The van der Waals surface area contributed by atoms with Crippen LogP contribution in [-0.4, -0.2) is 41.4 Å². The fraction of sp³-hybridized carbons (Fsp3) is 0.429. The number of likely N-dealkylation sites (tertiary alicyclic amines) is 1. The van der Waals surface area contributed by atoms with E-state index in [9.17, 15) is 0 Å². The molecule has 0 aliphatic carbocycles. The first-order valence-electron chi connectivity index (χ1n) is 9.50. The summed E-state index contributed by atoms with van der Waals surface area (Å²) in [4.78, 5) is 2.60. The topological polar surface area (TPSA) is 54.2 Å². The molecule has 1 aromatic heterocycles. The Bertz CT molecular complexity index is 904. The van der Waals surface area contributed by atoms with Crippen LogP contribution in [0.2, 0.25) is 0 Å². The molecule has 0 saturated carbocycles. The Hall–Kier alpha value is -1.66. The van der Waals surface area contributed by atoms with E-state index in [1.165, 1.54) is 17.5 Å². The lowest BCUT2D eigenvalue weighted by molar-refractivity contribution is 0.237. The molecule has 0 radical (unpaired) electrons. The van der Waals surface area contributed by atoms with Crippen molar-refractivity contribution in [3.8, 4) is 0 Å². The van der Waals surface area contributed by atoms with Gasteiger partial charge in [0.2, 0.25) is 0 Å². The van der Waals surface area contributed by atoms with Crippen molar-refractivity contribution in [2.24, 2.45) is 11.3 Å². The van der Waals surface area contributed by atoms with Crippen LogP contribution in [0.4, 0.5) is 0 Å². The van der Waals surface area contributed by atoms with Crippen LogP contribution in [0, 0.1) is 11.3 Å². The standard InChI is InChI=1S/C21H24N4O.2ClH/c1-2-5-16(6-3-1)9-10-21-14-22-11-18(21)13-25(15-21)12-17-7-4-8-19-20(17)24-26-23-19;;/h1-8,18,22H,9-15H2;2*1H. The number of hydrogen-bond acceptors (Lipinski definition) is 5. The Morgan fingerprint density at radius 1 is 1.07 bits per heavy atom. The third-order valence-corrected chi connectivity index (χ3v) is 6.27. The van der Waals surface area contributed by atoms with E-state index in [2.05, 4.69) is 56.9 Å². The first-order chi connectivity index (χ1) is 12.8. The van der Waals surface area contributed by atoms with Crippen LogP contribution in [0.15, 0.2) is 53.2 Å². The van der Waals surface area contributed by atoms with Crippen molar-refractivity contribution in [1.82, 2.24) is 20.5 Å². The van der Waals surface area contributed by atoms with Crippen molar-refractivity contribution < 1.29 is 4.63 Å². The van der Waals surface area contributed by atoms with E-state index in [-0.39, 0.29) is 24.8 Å². The Kier molecular flexibility index (Phi) is 6.61. The van der Waals surface area contributed by atoms with Crippen LogP contribution >= 0.6 is 24.8 Å². The van der Waals surface area contributed by atoms with Crippen LogP contribution in [-0.2, 0) is 13.0 Å². The maximum atomic E-state index is 4.92. The molecule has 2 aliphatic rings. The molecule has 3 aromatic rings. The summed E-state index contributed by atoms with van der Waals surface area (Å²) in [5.41, 5.74) is 4.81. The van der Waals surface area contributed by atoms with Crippen molar-refractivity contribution >= 4 is 35.8 Å². The predicted octanol–water partition coefficient (Wildman–Crippen LogP) is 3.72. The van der Waals surface area contributed by atoms with Gasteiger partial charge in [-0.05, 0) is 52.8 Å². The van der Waals surface area contributed by atoms with Gasteiger partial charge in [0.05, 0.1) is 0 Å². The van der Waals surface area contributed by atoms with Gasteiger partial charge in [-0.15, -0.1) is 24.8 Å². The second kappa shape index (κ2) is 8.78. The molecule has 2 aromatic carbocycles. The summed E-state index contributed by atoms with van der Waals surface area (Å²) in [5.74, 6) is 0.737. The molecule has 2 fully saturated rings. The zero-order valence-corrected chi connectivity index (χ0v) is 17.3. The molecule has 0 bridgehead atoms. The second-order valence-electron chi connectivity index (χ2n) is 7.89. The molecule has 2 aliphatic heterocycles. The molecule has 5 nitrogen and oxygen atoms in total. The number of fused-ring (bicyclic) bond motifs is 2. The van der Waals surface area contributed by atoms with E-state index in [1.54, 1.807) is 0 Å². The average molecular weight is 421 g/mol. The minimum atomic E-state index is 0. The minimum absolute atomic E-state index is 0.